The average molecular weight is 802 g/mol. The number of amides is 1. The molecule has 0 fully saturated rings. The third-order valence-corrected chi connectivity index (χ3v) is 12.2. The molecule has 2 atom stereocenters. The lowest BCUT2D eigenvalue weighted by atomic mass is 10.0. The first kappa shape index (κ1) is 55.9. The normalized spacial score (nSPS) is 13.0. The largest absolute Gasteiger partial charge is 0.394 e. The summed E-state index contributed by atoms with van der Waals surface area (Å²) in [6.45, 7) is 4.33. The van der Waals surface area contributed by atoms with Gasteiger partial charge in [0, 0.05) is 6.42 Å². The van der Waals surface area contributed by atoms with Crippen molar-refractivity contribution in [3.63, 3.8) is 0 Å². The maximum atomic E-state index is 12.4. The second kappa shape index (κ2) is 49.2. The molecule has 0 radical (unpaired) electrons. The highest BCUT2D eigenvalue weighted by Crippen LogP contribution is 2.17. The fourth-order valence-electron chi connectivity index (χ4n) is 8.20. The number of hydrogen-bond acceptors (Lipinski definition) is 3. The van der Waals surface area contributed by atoms with E-state index in [1.165, 1.54) is 238 Å². The SMILES string of the molecule is CCCCCCCCCCCCCCCCCCCC/C=C/CC/C=C/C(O)C(CO)NC(=O)CCCCCCCCCCCCCCCCCCCCCCC. The van der Waals surface area contributed by atoms with Crippen molar-refractivity contribution >= 4 is 5.91 Å². The summed E-state index contributed by atoms with van der Waals surface area (Å²) in [4.78, 5) is 12.4. The Bertz CT molecular complexity index is 825. The van der Waals surface area contributed by atoms with Gasteiger partial charge >= 0.3 is 0 Å². The van der Waals surface area contributed by atoms with E-state index >= 15 is 0 Å². The molecule has 0 aromatic rings. The van der Waals surface area contributed by atoms with Crippen LogP contribution in [0.25, 0.3) is 0 Å². The van der Waals surface area contributed by atoms with Crippen LogP contribution in [0, 0.1) is 0 Å². The van der Waals surface area contributed by atoms with Gasteiger partial charge in [0.25, 0.3) is 0 Å². The van der Waals surface area contributed by atoms with Crippen LogP contribution < -0.4 is 5.32 Å². The number of unbranched alkanes of at least 4 members (excludes halogenated alkanes) is 39. The first-order valence-corrected chi connectivity index (χ1v) is 26.1. The molecule has 3 N–H and O–H groups in total. The van der Waals surface area contributed by atoms with Gasteiger partial charge in [0.05, 0.1) is 18.8 Å². The van der Waals surface area contributed by atoms with Gasteiger partial charge in [0.1, 0.15) is 0 Å². The smallest absolute Gasteiger partial charge is 0.220 e. The number of allylic oxidation sites excluding steroid dienone is 3. The number of nitrogens with one attached hydrogen (secondary N) is 1. The number of hydrogen-bond donors (Lipinski definition) is 3. The summed E-state index contributed by atoms with van der Waals surface area (Å²) in [6.07, 6.45) is 64.7. The molecule has 4 nitrogen and oxygen atoms in total. The van der Waals surface area contributed by atoms with Crippen LogP contribution in [-0.4, -0.2) is 34.9 Å². The maximum absolute atomic E-state index is 12.4. The van der Waals surface area contributed by atoms with Crippen molar-refractivity contribution in [3.05, 3.63) is 24.3 Å². The molecular weight excluding hydrogens is 699 g/mol. The van der Waals surface area contributed by atoms with E-state index in [2.05, 4.69) is 31.3 Å². The summed E-state index contributed by atoms with van der Waals surface area (Å²) in [5.41, 5.74) is 0. The van der Waals surface area contributed by atoms with Crippen molar-refractivity contribution in [2.45, 2.75) is 302 Å². The molecule has 0 saturated heterocycles. The second-order valence-electron chi connectivity index (χ2n) is 17.9. The zero-order valence-corrected chi connectivity index (χ0v) is 38.9. The van der Waals surface area contributed by atoms with Gasteiger partial charge in [-0.1, -0.05) is 276 Å². The molecule has 0 bridgehead atoms. The van der Waals surface area contributed by atoms with Gasteiger partial charge in [-0.05, 0) is 32.1 Å². The lowest BCUT2D eigenvalue weighted by Crippen LogP contribution is -2.45. The first-order chi connectivity index (χ1) is 28.2. The molecule has 0 aromatic heterocycles. The van der Waals surface area contributed by atoms with Gasteiger partial charge in [0.15, 0.2) is 0 Å². The number of aliphatic hydroxyl groups is 2. The number of rotatable bonds is 48. The second-order valence-corrected chi connectivity index (χ2v) is 17.9. The quantitative estimate of drug-likeness (QED) is 0.0424. The molecular formula is C53H103NO3. The number of aliphatic hydroxyl groups excluding tert-OH is 2. The summed E-state index contributed by atoms with van der Waals surface area (Å²) in [6, 6.07) is -0.635. The molecule has 2 unspecified atom stereocenters. The van der Waals surface area contributed by atoms with Gasteiger partial charge in [-0.15, -0.1) is 0 Å². The first-order valence-electron chi connectivity index (χ1n) is 26.1. The highest BCUT2D eigenvalue weighted by atomic mass is 16.3. The van der Waals surface area contributed by atoms with E-state index in [0.717, 1.165) is 32.1 Å². The van der Waals surface area contributed by atoms with Gasteiger partial charge in [-0.3, -0.25) is 4.79 Å². The Morgan fingerprint density at radius 3 is 1.02 bits per heavy atom. The molecule has 338 valence electrons. The van der Waals surface area contributed by atoms with Crippen molar-refractivity contribution in [2.24, 2.45) is 0 Å². The minimum absolute atomic E-state index is 0.0678. The molecule has 0 aliphatic rings. The highest BCUT2D eigenvalue weighted by Gasteiger charge is 2.17. The van der Waals surface area contributed by atoms with Gasteiger partial charge in [-0.25, -0.2) is 0 Å². The van der Waals surface area contributed by atoms with Crippen molar-refractivity contribution in [1.82, 2.24) is 5.32 Å². The van der Waals surface area contributed by atoms with Crippen LogP contribution in [-0.2, 0) is 4.79 Å². The molecule has 0 heterocycles. The molecule has 0 aromatic carbocycles. The van der Waals surface area contributed by atoms with E-state index in [0.29, 0.717) is 6.42 Å². The fourth-order valence-corrected chi connectivity index (χ4v) is 8.20. The average Bonchev–Trinajstić information content (AvgIpc) is 3.22. The molecule has 0 saturated carbocycles. The van der Waals surface area contributed by atoms with Crippen LogP contribution in [0.4, 0.5) is 0 Å². The molecule has 0 aliphatic carbocycles. The number of carbonyl (C=O) groups excluding carboxylic acids is 1. The van der Waals surface area contributed by atoms with E-state index in [9.17, 15) is 15.0 Å². The Morgan fingerprint density at radius 1 is 0.404 bits per heavy atom. The van der Waals surface area contributed by atoms with E-state index in [1.54, 1.807) is 6.08 Å². The Labute approximate surface area is 358 Å². The molecule has 4 heteroatoms. The van der Waals surface area contributed by atoms with Crippen LogP contribution in [0.15, 0.2) is 24.3 Å². The minimum Gasteiger partial charge on any atom is -0.394 e. The lowest BCUT2D eigenvalue weighted by Gasteiger charge is -2.19. The molecule has 0 rings (SSSR count). The van der Waals surface area contributed by atoms with Crippen molar-refractivity contribution in [3.8, 4) is 0 Å². The topological polar surface area (TPSA) is 69.6 Å². The monoisotopic (exact) mass is 802 g/mol. The standard InChI is InChI=1S/C53H103NO3/c1-3-5-7-9-11-13-15-17-19-21-23-25-26-27-29-30-32-34-36-38-40-42-44-46-48-52(56)51(50-55)54-53(57)49-47-45-43-41-39-37-35-33-31-28-24-22-20-18-16-14-12-10-8-6-4-2/h38,40,46,48,51-52,55-56H,3-37,39,41-45,47,49-50H2,1-2H3,(H,54,57)/b40-38+,48-46+. The summed E-state index contributed by atoms with van der Waals surface area (Å²) in [5, 5.41) is 23.1. The van der Waals surface area contributed by atoms with Crippen LogP contribution >= 0.6 is 0 Å². The molecule has 0 aliphatic heterocycles. The maximum Gasteiger partial charge on any atom is 0.220 e. The summed E-state index contributed by atoms with van der Waals surface area (Å²) < 4.78 is 0. The summed E-state index contributed by atoms with van der Waals surface area (Å²) in [5.74, 6) is -0.0678. The molecule has 57 heavy (non-hydrogen) atoms. The summed E-state index contributed by atoms with van der Waals surface area (Å²) in [7, 11) is 0. The zero-order chi connectivity index (χ0) is 41.4. The van der Waals surface area contributed by atoms with E-state index in [4.69, 9.17) is 0 Å². The molecule has 1 amide bonds. The van der Waals surface area contributed by atoms with E-state index in [1.807, 2.05) is 6.08 Å². The lowest BCUT2D eigenvalue weighted by molar-refractivity contribution is -0.123. The van der Waals surface area contributed by atoms with Crippen molar-refractivity contribution in [2.75, 3.05) is 6.61 Å². The summed E-state index contributed by atoms with van der Waals surface area (Å²) >= 11 is 0. The Kier molecular flexibility index (Phi) is 48.3. The van der Waals surface area contributed by atoms with Crippen LogP contribution in [0.3, 0.4) is 0 Å². The fraction of sp³-hybridized carbons (Fsp3) is 0.906. The van der Waals surface area contributed by atoms with Crippen molar-refractivity contribution in [1.29, 1.82) is 0 Å². The molecule has 0 spiro atoms. The predicted molar refractivity (Wildman–Crippen MR) is 253 cm³/mol. The van der Waals surface area contributed by atoms with Gasteiger partial charge < -0.3 is 15.5 Å². The Balaban J connectivity index is 3.52. The van der Waals surface area contributed by atoms with E-state index in [-0.39, 0.29) is 12.5 Å². The predicted octanol–water partition coefficient (Wildman–Crippen LogP) is 16.8. The Hall–Kier alpha value is -1.13. The zero-order valence-electron chi connectivity index (χ0n) is 38.9. The van der Waals surface area contributed by atoms with Gasteiger partial charge in [0.2, 0.25) is 5.91 Å². The van der Waals surface area contributed by atoms with Crippen LogP contribution in [0.1, 0.15) is 290 Å². The Morgan fingerprint density at radius 2 is 0.684 bits per heavy atom. The van der Waals surface area contributed by atoms with Crippen LogP contribution in [0.2, 0.25) is 0 Å². The van der Waals surface area contributed by atoms with E-state index < -0.39 is 12.1 Å². The minimum atomic E-state index is -0.859. The van der Waals surface area contributed by atoms with Gasteiger partial charge in [-0.2, -0.15) is 0 Å². The van der Waals surface area contributed by atoms with Crippen molar-refractivity contribution < 1.29 is 15.0 Å². The highest BCUT2D eigenvalue weighted by molar-refractivity contribution is 5.76. The third-order valence-electron chi connectivity index (χ3n) is 12.2. The third kappa shape index (κ3) is 45.8. The van der Waals surface area contributed by atoms with Crippen LogP contribution in [0.5, 0.6) is 0 Å². The number of carbonyl (C=O) groups is 1.